The zero-order chi connectivity index (χ0) is 10.6. The lowest BCUT2D eigenvalue weighted by Gasteiger charge is -2.29. The number of carbonyl (C=O) groups is 1. The number of nitrogens with zero attached hydrogens (tertiary/aromatic N) is 1. The number of carbonyl (C=O) groups excluding carboxylic acids is 1. The molecule has 1 aliphatic heterocycles. The summed E-state index contributed by atoms with van der Waals surface area (Å²) in [5.74, 6) is 0.580. The summed E-state index contributed by atoms with van der Waals surface area (Å²) in [5, 5.41) is 2.46. The number of rotatable bonds is 3. The highest BCUT2D eigenvalue weighted by Crippen LogP contribution is 2.14. The summed E-state index contributed by atoms with van der Waals surface area (Å²) in [4.78, 5) is 13.5. The van der Waals surface area contributed by atoms with Gasteiger partial charge in [0.2, 0.25) is 5.91 Å². The van der Waals surface area contributed by atoms with Crippen LogP contribution < -0.4 is 5.32 Å². The van der Waals surface area contributed by atoms with Crippen LogP contribution in [0.25, 0.3) is 0 Å². The van der Waals surface area contributed by atoms with Crippen LogP contribution in [-0.4, -0.2) is 42.9 Å². The van der Waals surface area contributed by atoms with Crippen LogP contribution >= 0.6 is 11.6 Å². The predicted molar refractivity (Wildman–Crippen MR) is 58.5 cm³/mol. The number of alkyl halides is 1. The lowest BCUT2D eigenvalue weighted by molar-refractivity contribution is -0.120. The van der Waals surface area contributed by atoms with Crippen molar-refractivity contribution in [1.82, 2.24) is 10.2 Å². The maximum absolute atomic E-state index is 11.2. The summed E-state index contributed by atoms with van der Waals surface area (Å²) in [6.45, 7) is 4.75. The second-order valence-electron chi connectivity index (χ2n) is 4.11. The first-order chi connectivity index (χ1) is 6.59. The molecule has 4 heteroatoms. The molecule has 1 unspecified atom stereocenters. The molecule has 1 fully saturated rings. The van der Waals surface area contributed by atoms with E-state index in [-0.39, 0.29) is 5.91 Å². The van der Waals surface area contributed by atoms with Crippen molar-refractivity contribution >= 4 is 17.5 Å². The van der Waals surface area contributed by atoms with Crippen molar-refractivity contribution in [3.8, 4) is 0 Å². The van der Waals surface area contributed by atoms with Crippen LogP contribution in [0, 0.1) is 5.92 Å². The van der Waals surface area contributed by atoms with Gasteiger partial charge < -0.3 is 10.2 Å². The average molecular weight is 219 g/mol. The molecule has 0 aromatic carbocycles. The van der Waals surface area contributed by atoms with Crippen LogP contribution in [0.3, 0.4) is 0 Å². The van der Waals surface area contributed by atoms with Gasteiger partial charge in [0.25, 0.3) is 0 Å². The van der Waals surface area contributed by atoms with E-state index in [0.717, 1.165) is 19.6 Å². The van der Waals surface area contributed by atoms with Gasteiger partial charge >= 0.3 is 0 Å². The molecule has 82 valence electrons. The Bertz CT molecular complexity index is 189. The third kappa shape index (κ3) is 3.84. The summed E-state index contributed by atoms with van der Waals surface area (Å²) in [6.07, 6.45) is 2.35. The highest BCUT2D eigenvalue weighted by molar-refractivity contribution is 6.30. The van der Waals surface area contributed by atoms with E-state index in [1.165, 1.54) is 12.8 Å². The summed E-state index contributed by atoms with van der Waals surface area (Å²) in [7, 11) is 2.13. The van der Waals surface area contributed by atoms with E-state index in [9.17, 15) is 4.79 Å². The van der Waals surface area contributed by atoms with Gasteiger partial charge in [0, 0.05) is 6.54 Å². The monoisotopic (exact) mass is 218 g/mol. The molecule has 0 radical (unpaired) electrons. The molecule has 3 nitrogen and oxygen atoms in total. The van der Waals surface area contributed by atoms with Crippen LogP contribution in [0.1, 0.15) is 19.8 Å². The largest absolute Gasteiger partial charge is 0.355 e. The van der Waals surface area contributed by atoms with Crippen molar-refractivity contribution in [2.45, 2.75) is 25.1 Å². The lowest BCUT2D eigenvalue weighted by atomic mass is 9.97. The van der Waals surface area contributed by atoms with Gasteiger partial charge in [0.1, 0.15) is 5.38 Å². The number of amides is 1. The third-order valence-corrected chi connectivity index (χ3v) is 2.96. The average Bonchev–Trinajstić information content (AvgIpc) is 2.16. The maximum Gasteiger partial charge on any atom is 0.237 e. The quantitative estimate of drug-likeness (QED) is 0.719. The van der Waals surface area contributed by atoms with Gasteiger partial charge in [0.15, 0.2) is 0 Å². The second kappa shape index (κ2) is 5.56. The van der Waals surface area contributed by atoms with Crippen molar-refractivity contribution < 1.29 is 4.79 Å². The fourth-order valence-electron chi connectivity index (χ4n) is 1.65. The van der Waals surface area contributed by atoms with Crippen molar-refractivity contribution in [3.05, 3.63) is 0 Å². The molecule has 0 aromatic heterocycles. The van der Waals surface area contributed by atoms with Crippen LogP contribution in [0.15, 0.2) is 0 Å². The van der Waals surface area contributed by atoms with Crippen molar-refractivity contribution in [1.29, 1.82) is 0 Å². The summed E-state index contributed by atoms with van der Waals surface area (Å²) in [5.41, 5.74) is 0. The molecule has 1 aliphatic rings. The Morgan fingerprint density at radius 2 is 2.14 bits per heavy atom. The molecular formula is C10H19ClN2O. The fraction of sp³-hybridized carbons (Fsp3) is 0.900. The molecule has 1 rings (SSSR count). The normalized spacial score (nSPS) is 21.9. The molecule has 1 heterocycles. The Balaban J connectivity index is 2.16. The number of nitrogens with one attached hydrogen (secondary N) is 1. The molecule has 1 N–H and O–H groups in total. The van der Waals surface area contributed by atoms with Crippen molar-refractivity contribution in [2.75, 3.05) is 26.7 Å². The molecule has 0 aliphatic carbocycles. The van der Waals surface area contributed by atoms with Gasteiger partial charge in [-0.05, 0) is 45.8 Å². The minimum absolute atomic E-state index is 0.0504. The number of piperidine rings is 1. The summed E-state index contributed by atoms with van der Waals surface area (Å²) < 4.78 is 0. The highest BCUT2D eigenvalue weighted by atomic mass is 35.5. The topological polar surface area (TPSA) is 32.3 Å². The van der Waals surface area contributed by atoms with Gasteiger partial charge in [-0.25, -0.2) is 0 Å². The molecule has 14 heavy (non-hydrogen) atoms. The first-order valence-corrected chi connectivity index (χ1v) is 5.63. The van der Waals surface area contributed by atoms with E-state index in [1.807, 2.05) is 0 Å². The Morgan fingerprint density at radius 3 is 2.64 bits per heavy atom. The van der Waals surface area contributed by atoms with Gasteiger partial charge in [0.05, 0.1) is 0 Å². The molecule has 1 atom stereocenters. The van der Waals surface area contributed by atoms with E-state index < -0.39 is 5.38 Å². The van der Waals surface area contributed by atoms with E-state index in [2.05, 4.69) is 17.3 Å². The van der Waals surface area contributed by atoms with E-state index in [4.69, 9.17) is 11.6 Å². The smallest absolute Gasteiger partial charge is 0.237 e. The minimum atomic E-state index is -0.415. The zero-order valence-corrected chi connectivity index (χ0v) is 9.68. The third-order valence-electron chi connectivity index (χ3n) is 2.76. The molecule has 0 bridgehead atoms. The van der Waals surface area contributed by atoms with Crippen LogP contribution in [-0.2, 0) is 4.79 Å². The molecule has 0 aromatic rings. The van der Waals surface area contributed by atoms with Crippen LogP contribution in [0.5, 0.6) is 0 Å². The molecular weight excluding hydrogens is 200 g/mol. The zero-order valence-electron chi connectivity index (χ0n) is 8.92. The van der Waals surface area contributed by atoms with Crippen molar-refractivity contribution in [3.63, 3.8) is 0 Å². The Kier molecular flexibility index (Phi) is 4.69. The van der Waals surface area contributed by atoms with Gasteiger partial charge in [-0.15, -0.1) is 11.6 Å². The minimum Gasteiger partial charge on any atom is -0.355 e. The van der Waals surface area contributed by atoms with Crippen molar-refractivity contribution in [2.24, 2.45) is 5.92 Å². The van der Waals surface area contributed by atoms with E-state index >= 15 is 0 Å². The summed E-state index contributed by atoms with van der Waals surface area (Å²) in [6, 6.07) is 0. The Labute approximate surface area is 90.8 Å². The van der Waals surface area contributed by atoms with Gasteiger partial charge in [-0.3, -0.25) is 4.79 Å². The van der Waals surface area contributed by atoms with Gasteiger partial charge in [-0.2, -0.15) is 0 Å². The Morgan fingerprint density at radius 1 is 1.57 bits per heavy atom. The lowest BCUT2D eigenvalue weighted by Crippen LogP contribution is -2.38. The SMILES string of the molecule is CC(Cl)C(=O)NCC1CCN(C)CC1. The molecule has 0 saturated carbocycles. The number of likely N-dealkylation sites (tertiary alicyclic amines) is 1. The molecule has 1 amide bonds. The maximum atomic E-state index is 11.2. The van der Waals surface area contributed by atoms with E-state index in [0.29, 0.717) is 5.92 Å². The first kappa shape index (κ1) is 11.8. The van der Waals surface area contributed by atoms with Gasteiger partial charge in [-0.1, -0.05) is 0 Å². The van der Waals surface area contributed by atoms with Crippen LogP contribution in [0.2, 0.25) is 0 Å². The van der Waals surface area contributed by atoms with E-state index in [1.54, 1.807) is 6.92 Å². The molecule has 1 saturated heterocycles. The van der Waals surface area contributed by atoms with Crippen LogP contribution in [0.4, 0.5) is 0 Å². The number of hydrogen-bond acceptors (Lipinski definition) is 2. The highest BCUT2D eigenvalue weighted by Gasteiger charge is 2.17. The second-order valence-corrected chi connectivity index (χ2v) is 4.76. The number of halogens is 1. The predicted octanol–water partition coefficient (Wildman–Crippen LogP) is 1.07. The standard InChI is InChI=1S/C10H19ClN2O/c1-8(11)10(14)12-7-9-3-5-13(2)6-4-9/h8-9H,3-7H2,1-2H3,(H,12,14). The fourth-order valence-corrected chi connectivity index (χ4v) is 1.73. The number of hydrogen-bond donors (Lipinski definition) is 1. The molecule has 0 spiro atoms. The Hall–Kier alpha value is -0.280. The first-order valence-electron chi connectivity index (χ1n) is 5.20. The summed E-state index contributed by atoms with van der Waals surface area (Å²) >= 11 is 5.65.